The topological polar surface area (TPSA) is 69.2 Å². The predicted molar refractivity (Wildman–Crippen MR) is 137 cm³/mol. The lowest BCUT2D eigenvalue weighted by Gasteiger charge is -2.17. The van der Waals surface area contributed by atoms with E-state index in [1.165, 1.54) is 25.3 Å². The maximum atomic E-state index is 14.1. The molecule has 2 aromatic carbocycles. The van der Waals surface area contributed by atoms with Crippen molar-refractivity contribution in [2.24, 2.45) is 5.16 Å². The first-order chi connectivity index (χ1) is 17.5. The first-order valence-electron chi connectivity index (χ1n) is 11.4. The molecule has 1 aliphatic carbocycles. The Labute approximate surface area is 223 Å². The van der Waals surface area contributed by atoms with E-state index >= 15 is 0 Å². The monoisotopic (exact) mass is 558 g/mol. The van der Waals surface area contributed by atoms with Gasteiger partial charge in [-0.2, -0.15) is 13.2 Å². The molecular weight excluding hydrogens is 532 g/mol. The molecule has 37 heavy (non-hydrogen) atoms. The molecule has 2 atom stereocenters. The summed E-state index contributed by atoms with van der Waals surface area (Å²) in [5, 5.41) is 7.04. The summed E-state index contributed by atoms with van der Waals surface area (Å²) in [5.74, 6) is -0.135. The molecule has 0 spiro atoms. The number of alkyl halides is 3. The average molecular weight is 559 g/mol. The van der Waals surface area contributed by atoms with Crippen LogP contribution in [0.1, 0.15) is 48.1 Å². The molecule has 1 N–H and O–H groups in total. The molecule has 0 radical (unpaired) electrons. The number of fused-ring (bicyclic) bond motifs is 1. The number of hydrogen-bond donors (Lipinski definition) is 1. The average Bonchev–Trinajstić information content (AvgIpc) is 3.21. The van der Waals surface area contributed by atoms with Gasteiger partial charge in [0.15, 0.2) is 0 Å². The number of oxime groups is 1. The molecule has 0 fully saturated rings. The van der Waals surface area contributed by atoms with Crippen molar-refractivity contribution in [3.63, 3.8) is 0 Å². The molecule has 1 aliphatic rings. The molecule has 2 unspecified atom stereocenters. The summed E-state index contributed by atoms with van der Waals surface area (Å²) in [6.45, 7) is 1.56. The van der Waals surface area contributed by atoms with E-state index in [0.29, 0.717) is 18.4 Å². The summed E-state index contributed by atoms with van der Waals surface area (Å²) in [6.07, 6.45) is -2.52. The first kappa shape index (κ1) is 29.0. The summed E-state index contributed by atoms with van der Waals surface area (Å²) < 4.78 is 52.3. The number of carbonyl (C=O) groups excluding carboxylic acids is 1. The van der Waals surface area contributed by atoms with E-state index in [4.69, 9.17) is 37.5 Å². The summed E-state index contributed by atoms with van der Waals surface area (Å²) in [7, 11) is 2.91. The van der Waals surface area contributed by atoms with Crippen LogP contribution in [0.5, 0.6) is 0 Å². The van der Waals surface area contributed by atoms with Crippen molar-refractivity contribution in [3.8, 4) is 0 Å². The first-order valence-corrected chi connectivity index (χ1v) is 12.2. The van der Waals surface area contributed by atoms with Crippen LogP contribution in [0.15, 0.2) is 47.6 Å². The van der Waals surface area contributed by atoms with Crippen molar-refractivity contribution in [3.05, 3.63) is 74.8 Å². The van der Waals surface area contributed by atoms with Crippen molar-refractivity contribution in [1.29, 1.82) is 0 Å². The number of hydrogen-bond acceptors (Lipinski definition) is 5. The summed E-state index contributed by atoms with van der Waals surface area (Å²) in [4.78, 5) is 17.4. The molecule has 2 aromatic rings. The number of nitrogens with zero attached hydrogens (tertiary/aromatic N) is 1. The fraction of sp³-hybridized carbons (Fsp3) is 0.385. The fourth-order valence-corrected chi connectivity index (χ4v) is 4.54. The third-order valence-electron chi connectivity index (χ3n) is 5.82. The molecule has 0 aliphatic heterocycles. The lowest BCUT2D eigenvalue weighted by atomic mass is 9.98. The number of amides is 1. The number of carbonyl (C=O) groups is 1. The Kier molecular flexibility index (Phi) is 10.0. The van der Waals surface area contributed by atoms with Crippen LogP contribution in [0, 0.1) is 0 Å². The van der Waals surface area contributed by atoms with Crippen molar-refractivity contribution in [2.75, 3.05) is 21.0 Å². The number of nitrogens with one attached hydrogen (secondary N) is 1. The predicted octanol–water partition coefficient (Wildman–Crippen LogP) is 6.49. The van der Waals surface area contributed by atoms with Gasteiger partial charge in [0.1, 0.15) is 5.71 Å². The Balaban J connectivity index is 1.98. The molecule has 11 heteroatoms. The molecular formula is C26H27Cl2F3N2O4. The van der Waals surface area contributed by atoms with E-state index in [0.717, 1.165) is 17.2 Å². The number of allylic oxidation sites excluding steroid dienone is 2. The third-order valence-corrected chi connectivity index (χ3v) is 6.26. The van der Waals surface area contributed by atoms with Gasteiger partial charge in [0.25, 0.3) is 0 Å². The normalized spacial score (nSPS) is 16.9. The van der Waals surface area contributed by atoms with Gasteiger partial charge in [-0.15, -0.1) is 0 Å². The minimum Gasteiger partial charge on any atom is -0.381 e. The Morgan fingerprint density at radius 1 is 1.16 bits per heavy atom. The van der Waals surface area contributed by atoms with Gasteiger partial charge in [-0.1, -0.05) is 40.5 Å². The highest BCUT2D eigenvalue weighted by atomic mass is 35.5. The van der Waals surface area contributed by atoms with Crippen LogP contribution in [-0.4, -0.2) is 44.9 Å². The second kappa shape index (κ2) is 12.8. The van der Waals surface area contributed by atoms with Gasteiger partial charge in [0, 0.05) is 29.8 Å². The van der Waals surface area contributed by atoms with Crippen molar-refractivity contribution in [1.82, 2.24) is 5.32 Å². The van der Waals surface area contributed by atoms with E-state index in [1.54, 1.807) is 32.2 Å². The summed E-state index contributed by atoms with van der Waals surface area (Å²) >= 11 is 11.9. The van der Waals surface area contributed by atoms with Crippen LogP contribution >= 0.6 is 23.2 Å². The molecule has 6 nitrogen and oxygen atoms in total. The minimum absolute atomic E-state index is 0.0651. The molecule has 3 rings (SSSR count). The molecule has 0 bridgehead atoms. The van der Waals surface area contributed by atoms with Crippen LogP contribution in [0.3, 0.4) is 0 Å². The van der Waals surface area contributed by atoms with E-state index in [1.807, 2.05) is 0 Å². The smallest absolute Gasteiger partial charge is 0.381 e. The second-order valence-corrected chi connectivity index (χ2v) is 9.42. The molecule has 0 saturated carbocycles. The van der Waals surface area contributed by atoms with Crippen molar-refractivity contribution >= 4 is 40.4 Å². The summed E-state index contributed by atoms with van der Waals surface area (Å²) in [5.41, 5.74) is 0.943. The second-order valence-electron chi connectivity index (χ2n) is 8.55. The van der Waals surface area contributed by atoms with E-state index in [2.05, 4.69) is 10.5 Å². The zero-order valence-electron chi connectivity index (χ0n) is 20.5. The van der Waals surface area contributed by atoms with Gasteiger partial charge in [-0.05, 0) is 66.8 Å². The largest absolute Gasteiger partial charge is 0.417 e. The number of methoxy groups -OCH3 is 2. The van der Waals surface area contributed by atoms with Gasteiger partial charge in [0.2, 0.25) is 12.7 Å². The highest BCUT2D eigenvalue weighted by molar-refractivity contribution is 6.35. The van der Waals surface area contributed by atoms with Gasteiger partial charge in [-0.3, -0.25) is 4.79 Å². The zero-order chi connectivity index (χ0) is 27.2. The maximum Gasteiger partial charge on any atom is 0.417 e. The zero-order valence-corrected chi connectivity index (χ0v) is 22.0. The quantitative estimate of drug-likeness (QED) is 0.156. The van der Waals surface area contributed by atoms with Crippen LogP contribution in [-0.2, 0) is 25.5 Å². The van der Waals surface area contributed by atoms with Crippen LogP contribution in [0.4, 0.5) is 13.2 Å². The van der Waals surface area contributed by atoms with Crippen LogP contribution in [0.25, 0.3) is 5.57 Å². The third kappa shape index (κ3) is 7.95. The molecule has 0 heterocycles. The standard InChI is InChI=1S/C26H27Cl2F3N2O4/c1-15(36-3)8-25(34)32-23-7-5-16-9-17(4-6-21(16)23)24(33-37-14-35-2)13-22(26(29,30)31)18-10-19(27)12-20(28)11-18/h4,6,9-13,15,23H,5,7-8,14H2,1-3H3,(H,32,34)/b22-13-,33-24-. The van der Waals surface area contributed by atoms with Crippen LogP contribution < -0.4 is 5.32 Å². The summed E-state index contributed by atoms with van der Waals surface area (Å²) in [6, 6.07) is 8.70. The SMILES string of the molecule is COCO/N=C(/C=C(/c1cc(Cl)cc(Cl)c1)C(F)(F)F)c1ccc2c(c1)CCC2NC(=O)CC(C)OC. The Morgan fingerprint density at radius 2 is 1.86 bits per heavy atom. The van der Waals surface area contributed by atoms with E-state index in [9.17, 15) is 18.0 Å². The highest BCUT2D eigenvalue weighted by Crippen LogP contribution is 2.37. The lowest BCUT2D eigenvalue weighted by molar-refractivity contribution is -0.124. The lowest BCUT2D eigenvalue weighted by Crippen LogP contribution is -2.30. The molecule has 200 valence electrons. The van der Waals surface area contributed by atoms with Crippen LogP contribution in [0.2, 0.25) is 10.0 Å². The number of aryl methyl sites for hydroxylation is 1. The number of halogens is 5. The van der Waals surface area contributed by atoms with Gasteiger partial charge in [-0.25, -0.2) is 0 Å². The van der Waals surface area contributed by atoms with E-state index < -0.39 is 11.7 Å². The Bertz CT molecular complexity index is 1160. The fourth-order valence-electron chi connectivity index (χ4n) is 4.01. The number of ether oxygens (including phenoxy) is 2. The van der Waals surface area contributed by atoms with Crippen molar-refractivity contribution < 1.29 is 32.3 Å². The molecule has 1 amide bonds. The molecule has 0 aromatic heterocycles. The number of rotatable bonds is 10. The Hall–Kier alpha value is -2.59. The van der Waals surface area contributed by atoms with Gasteiger partial charge in [0.05, 0.1) is 24.1 Å². The van der Waals surface area contributed by atoms with Gasteiger partial charge >= 0.3 is 6.18 Å². The Morgan fingerprint density at radius 3 is 2.49 bits per heavy atom. The van der Waals surface area contributed by atoms with Crippen molar-refractivity contribution in [2.45, 2.75) is 44.5 Å². The number of benzene rings is 2. The highest BCUT2D eigenvalue weighted by Gasteiger charge is 2.36. The molecule has 0 saturated heterocycles. The van der Waals surface area contributed by atoms with Gasteiger partial charge < -0.3 is 19.6 Å². The maximum absolute atomic E-state index is 14.1. The van der Waals surface area contributed by atoms with E-state index in [-0.39, 0.29) is 52.6 Å². The minimum atomic E-state index is -4.73.